The van der Waals surface area contributed by atoms with Crippen molar-refractivity contribution in [1.29, 1.82) is 0 Å². The molecule has 6 nitrogen and oxygen atoms in total. The van der Waals surface area contributed by atoms with Crippen LogP contribution in [0.25, 0.3) is 0 Å². The lowest BCUT2D eigenvalue weighted by Gasteiger charge is -2.22. The molecule has 2 rings (SSSR count). The number of ether oxygens (including phenoxy) is 1. The van der Waals surface area contributed by atoms with Crippen molar-refractivity contribution in [2.45, 2.75) is 49.8 Å². The molecule has 27 heavy (non-hydrogen) atoms. The summed E-state index contributed by atoms with van der Waals surface area (Å²) in [5, 5.41) is 11.3. The molecule has 148 valence electrons. The van der Waals surface area contributed by atoms with Crippen LogP contribution in [0.3, 0.4) is 0 Å². The van der Waals surface area contributed by atoms with E-state index in [0.29, 0.717) is 23.3 Å². The molecule has 1 N–H and O–H groups in total. The van der Waals surface area contributed by atoms with Crippen LogP contribution in [-0.2, 0) is 10.5 Å². The Morgan fingerprint density at radius 2 is 2.00 bits per heavy atom. The molecule has 0 spiro atoms. The van der Waals surface area contributed by atoms with Gasteiger partial charge < -0.3 is 14.5 Å². The van der Waals surface area contributed by atoms with Gasteiger partial charge >= 0.3 is 6.09 Å². The lowest BCUT2D eigenvalue weighted by Crippen LogP contribution is -2.35. The molecule has 2 aromatic rings. The van der Waals surface area contributed by atoms with Gasteiger partial charge in [0, 0.05) is 5.75 Å². The SMILES string of the molecule is CSCC[C@H](NC(=O)OC(C)(C)C)c1nnc(SCc2ccc(F)cc2)o1. The van der Waals surface area contributed by atoms with E-state index in [2.05, 4.69) is 15.5 Å². The number of rotatable bonds is 8. The predicted octanol–water partition coefficient (Wildman–Crippen LogP) is 4.82. The van der Waals surface area contributed by atoms with Crippen molar-refractivity contribution in [2.24, 2.45) is 0 Å². The molecule has 0 bridgehead atoms. The number of halogens is 1. The highest BCUT2D eigenvalue weighted by atomic mass is 32.2. The van der Waals surface area contributed by atoms with E-state index in [9.17, 15) is 9.18 Å². The van der Waals surface area contributed by atoms with E-state index in [-0.39, 0.29) is 5.82 Å². The van der Waals surface area contributed by atoms with Crippen LogP contribution in [0.2, 0.25) is 0 Å². The Bertz CT molecular complexity index is 732. The van der Waals surface area contributed by atoms with Gasteiger partial charge in [0.25, 0.3) is 5.22 Å². The third-order valence-electron chi connectivity index (χ3n) is 3.30. The quantitative estimate of drug-likeness (QED) is 0.622. The molecule has 1 amide bonds. The minimum Gasteiger partial charge on any atom is -0.444 e. The van der Waals surface area contributed by atoms with Gasteiger partial charge in [-0.25, -0.2) is 9.18 Å². The summed E-state index contributed by atoms with van der Waals surface area (Å²) in [6, 6.07) is 5.84. The van der Waals surface area contributed by atoms with Crippen molar-refractivity contribution in [3.05, 3.63) is 41.5 Å². The van der Waals surface area contributed by atoms with Crippen LogP contribution < -0.4 is 5.32 Å². The summed E-state index contributed by atoms with van der Waals surface area (Å²) >= 11 is 3.02. The van der Waals surface area contributed by atoms with Crippen molar-refractivity contribution in [2.75, 3.05) is 12.0 Å². The molecule has 0 aliphatic carbocycles. The van der Waals surface area contributed by atoms with Gasteiger partial charge in [0.15, 0.2) is 0 Å². The Kier molecular flexibility index (Phi) is 7.97. The summed E-state index contributed by atoms with van der Waals surface area (Å²) in [6.07, 6.45) is 2.11. The first-order chi connectivity index (χ1) is 12.8. The minimum absolute atomic E-state index is 0.270. The second-order valence-electron chi connectivity index (χ2n) is 6.80. The highest BCUT2D eigenvalue weighted by Gasteiger charge is 2.24. The summed E-state index contributed by atoms with van der Waals surface area (Å²) in [4.78, 5) is 12.1. The summed E-state index contributed by atoms with van der Waals surface area (Å²) in [5.74, 6) is 1.47. The molecule has 0 fully saturated rings. The summed E-state index contributed by atoms with van der Waals surface area (Å²) in [6.45, 7) is 5.42. The van der Waals surface area contributed by atoms with Gasteiger partial charge in [-0.3, -0.25) is 0 Å². The molecule has 0 saturated carbocycles. The van der Waals surface area contributed by atoms with Crippen LogP contribution in [0.5, 0.6) is 0 Å². The second kappa shape index (κ2) is 9.98. The monoisotopic (exact) mass is 413 g/mol. The number of nitrogens with zero attached hydrogens (tertiary/aromatic N) is 2. The average Bonchev–Trinajstić information content (AvgIpc) is 3.05. The zero-order chi connectivity index (χ0) is 19.9. The number of hydrogen-bond acceptors (Lipinski definition) is 7. The molecule has 0 saturated heterocycles. The maximum Gasteiger partial charge on any atom is 0.408 e. The number of benzene rings is 1. The van der Waals surface area contributed by atoms with Gasteiger partial charge in [-0.05, 0) is 56.9 Å². The summed E-state index contributed by atoms with van der Waals surface area (Å²) in [7, 11) is 0. The van der Waals surface area contributed by atoms with E-state index >= 15 is 0 Å². The third kappa shape index (κ3) is 7.80. The number of aromatic nitrogens is 2. The predicted molar refractivity (Wildman–Crippen MR) is 105 cm³/mol. The first-order valence-corrected chi connectivity index (χ1v) is 10.8. The molecular formula is C18H24FN3O3S2. The second-order valence-corrected chi connectivity index (χ2v) is 8.71. The minimum atomic E-state index is -0.584. The first kappa shape index (κ1) is 21.6. The number of amides is 1. The molecule has 0 aliphatic heterocycles. The molecule has 1 aromatic heterocycles. The molecule has 0 aliphatic rings. The van der Waals surface area contributed by atoms with Crippen LogP contribution in [0.4, 0.5) is 9.18 Å². The van der Waals surface area contributed by atoms with Crippen LogP contribution in [0, 0.1) is 5.82 Å². The number of alkyl carbamates (subject to hydrolysis) is 1. The Balaban J connectivity index is 1.99. The zero-order valence-electron chi connectivity index (χ0n) is 15.8. The van der Waals surface area contributed by atoms with E-state index in [1.807, 2.05) is 6.26 Å². The largest absolute Gasteiger partial charge is 0.444 e. The van der Waals surface area contributed by atoms with Crippen molar-refractivity contribution >= 4 is 29.6 Å². The highest BCUT2D eigenvalue weighted by Crippen LogP contribution is 2.25. The number of carbonyl (C=O) groups excluding carboxylic acids is 1. The fraction of sp³-hybridized carbons (Fsp3) is 0.500. The number of thioether (sulfide) groups is 2. The lowest BCUT2D eigenvalue weighted by atomic mass is 10.2. The summed E-state index contributed by atoms with van der Waals surface area (Å²) in [5.41, 5.74) is 0.367. The van der Waals surface area contributed by atoms with E-state index < -0.39 is 17.7 Å². The molecular weight excluding hydrogens is 389 g/mol. The van der Waals surface area contributed by atoms with Gasteiger partial charge in [0.2, 0.25) is 5.89 Å². The third-order valence-corrected chi connectivity index (χ3v) is 4.83. The van der Waals surface area contributed by atoms with Crippen LogP contribution in [0.15, 0.2) is 33.9 Å². The van der Waals surface area contributed by atoms with Crippen molar-refractivity contribution < 1.29 is 18.3 Å². The van der Waals surface area contributed by atoms with E-state index in [0.717, 1.165) is 11.3 Å². The van der Waals surface area contributed by atoms with Gasteiger partial charge in [0.05, 0.1) is 0 Å². The molecule has 1 aromatic carbocycles. The smallest absolute Gasteiger partial charge is 0.408 e. The standard InChI is InChI=1S/C18H24FN3O3S2/c1-18(2,3)25-16(23)20-14(9-10-26-4)15-21-22-17(24-15)27-11-12-5-7-13(19)8-6-12/h5-8,14H,9-11H2,1-4H3,(H,20,23)/t14-/m0/s1. The number of nitrogens with one attached hydrogen (secondary N) is 1. The van der Waals surface area contributed by atoms with Crippen LogP contribution in [0.1, 0.15) is 44.7 Å². The van der Waals surface area contributed by atoms with Crippen molar-refractivity contribution in [1.82, 2.24) is 15.5 Å². The van der Waals surface area contributed by atoms with E-state index in [1.54, 1.807) is 44.7 Å². The van der Waals surface area contributed by atoms with E-state index in [4.69, 9.17) is 9.15 Å². The van der Waals surface area contributed by atoms with Gasteiger partial charge in [-0.2, -0.15) is 11.8 Å². The van der Waals surface area contributed by atoms with Gasteiger partial charge in [-0.1, -0.05) is 23.9 Å². The average molecular weight is 414 g/mol. The molecule has 0 radical (unpaired) electrons. The molecule has 9 heteroatoms. The first-order valence-electron chi connectivity index (χ1n) is 8.46. The Morgan fingerprint density at radius 3 is 2.63 bits per heavy atom. The fourth-order valence-electron chi connectivity index (χ4n) is 2.09. The Labute approximate surface area is 167 Å². The number of carbonyl (C=O) groups is 1. The summed E-state index contributed by atoms with van der Waals surface area (Å²) < 4.78 is 24.0. The maximum atomic E-state index is 13.0. The highest BCUT2D eigenvalue weighted by molar-refractivity contribution is 7.98. The molecule has 1 atom stereocenters. The Morgan fingerprint density at radius 1 is 1.30 bits per heavy atom. The normalized spacial score (nSPS) is 12.6. The lowest BCUT2D eigenvalue weighted by molar-refractivity contribution is 0.0493. The fourth-order valence-corrected chi connectivity index (χ4v) is 3.29. The van der Waals surface area contributed by atoms with Crippen molar-refractivity contribution in [3.8, 4) is 0 Å². The van der Waals surface area contributed by atoms with Crippen molar-refractivity contribution in [3.63, 3.8) is 0 Å². The topological polar surface area (TPSA) is 77.2 Å². The van der Waals surface area contributed by atoms with Crippen LogP contribution >= 0.6 is 23.5 Å². The van der Waals surface area contributed by atoms with Gasteiger partial charge in [-0.15, -0.1) is 10.2 Å². The number of hydrogen-bond donors (Lipinski definition) is 1. The molecule has 0 unspecified atom stereocenters. The molecule has 1 heterocycles. The van der Waals surface area contributed by atoms with Gasteiger partial charge in [0.1, 0.15) is 17.5 Å². The Hall–Kier alpha value is -1.74. The zero-order valence-corrected chi connectivity index (χ0v) is 17.5. The van der Waals surface area contributed by atoms with E-state index in [1.165, 1.54) is 23.9 Å². The maximum absolute atomic E-state index is 13.0. The van der Waals surface area contributed by atoms with Crippen LogP contribution in [-0.4, -0.2) is 33.9 Å².